The summed E-state index contributed by atoms with van der Waals surface area (Å²) >= 11 is 0.0705. The molecule has 1 aliphatic rings. The van der Waals surface area contributed by atoms with Crippen LogP contribution in [0.2, 0.25) is 0 Å². The Hall–Kier alpha value is -0.861. The number of aromatic nitrogens is 2. The van der Waals surface area contributed by atoms with Crippen molar-refractivity contribution in [3.05, 3.63) is 18.2 Å². The average molecular weight is 308 g/mol. The first-order chi connectivity index (χ1) is 8.93. The van der Waals surface area contributed by atoms with E-state index in [1.165, 1.54) is 50.6 Å². The predicted molar refractivity (Wildman–Crippen MR) is 76.2 cm³/mol. The molecule has 3 rings (SSSR count). The second-order valence-electron chi connectivity index (χ2n) is 5.12. The number of hydrogen-bond donors (Lipinski definition) is 1. The zero-order valence-electron chi connectivity index (χ0n) is 10.6. The van der Waals surface area contributed by atoms with Crippen LogP contribution in [0.4, 0.5) is 5.69 Å². The van der Waals surface area contributed by atoms with E-state index in [-0.39, 0.29) is 15.0 Å². The summed E-state index contributed by atoms with van der Waals surface area (Å²) in [5, 5.41) is 3.71. The summed E-state index contributed by atoms with van der Waals surface area (Å²) in [6.07, 6.45) is 9.53. The molecule has 1 N–H and O–H groups in total. The molecule has 0 radical (unpaired) electrons. The topological polar surface area (TPSA) is 37.8 Å². The van der Waals surface area contributed by atoms with E-state index in [4.69, 9.17) is 0 Å². The quantitative estimate of drug-likeness (QED) is 0.866. The van der Waals surface area contributed by atoms with E-state index in [9.17, 15) is 0 Å². The van der Waals surface area contributed by atoms with Gasteiger partial charge in [0.25, 0.3) is 0 Å². The third-order valence-corrected chi connectivity index (χ3v) is 4.89. The standard InChI is InChI=1S/C14H19N3Se/c1-2-4-7-11(8-5-3-1)15-12-9-6-10-13-14(12)17-18-16-13/h6,9-11,15H,1-5,7-8H2. The van der Waals surface area contributed by atoms with Crippen LogP contribution in [-0.2, 0) is 0 Å². The maximum atomic E-state index is 4.54. The van der Waals surface area contributed by atoms with Gasteiger partial charge in [0.2, 0.25) is 0 Å². The van der Waals surface area contributed by atoms with Gasteiger partial charge >= 0.3 is 114 Å². The zero-order valence-corrected chi connectivity index (χ0v) is 12.3. The van der Waals surface area contributed by atoms with Crippen molar-refractivity contribution in [1.82, 2.24) is 7.96 Å². The van der Waals surface area contributed by atoms with Gasteiger partial charge in [-0.3, -0.25) is 0 Å². The third kappa shape index (κ3) is 2.76. The van der Waals surface area contributed by atoms with E-state index < -0.39 is 0 Å². The van der Waals surface area contributed by atoms with Gasteiger partial charge in [-0.05, 0) is 0 Å². The molecule has 0 spiro atoms. The van der Waals surface area contributed by atoms with Crippen LogP contribution in [0, 0.1) is 0 Å². The second kappa shape index (κ2) is 5.85. The molecule has 0 bridgehead atoms. The first-order valence-electron chi connectivity index (χ1n) is 6.91. The molecule has 0 atom stereocenters. The molecule has 0 saturated heterocycles. The van der Waals surface area contributed by atoms with Crippen LogP contribution < -0.4 is 5.32 Å². The molecule has 0 unspecified atom stereocenters. The van der Waals surface area contributed by atoms with Crippen molar-refractivity contribution < 1.29 is 0 Å². The molecular weight excluding hydrogens is 289 g/mol. The molecule has 1 saturated carbocycles. The predicted octanol–water partition coefficient (Wildman–Crippen LogP) is 3.21. The Balaban J connectivity index is 1.76. The summed E-state index contributed by atoms with van der Waals surface area (Å²) in [6.45, 7) is 0. The van der Waals surface area contributed by atoms with E-state index in [1.54, 1.807) is 0 Å². The molecule has 3 nitrogen and oxygen atoms in total. The number of benzene rings is 1. The first-order valence-corrected chi connectivity index (χ1v) is 8.44. The fraction of sp³-hybridized carbons (Fsp3) is 0.571. The van der Waals surface area contributed by atoms with Crippen molar-refractivity contribution in [3.63, 3.8) is 0 Å². The van der Waals surface area contributed by atoms with Crippen LogP contribution in [0.5, 0.6) is 0 Å². The van der Waals surface area contributed by atoms with Gasteiger partial charge in [0.15, 0.2) is 0 Å². The summed E-state index contributed by atoms with van der Waals surface area (Å²) < 4.78 is 8.98. The number of fused-ring (bicyclic) bond motifs is 1. The van der Waals surface area contributed by atoms with Gasteiger partial charge in [-0.2, -0.15) is 0 Å². The number of anilines is 1. The zero-order chi connectivity index (χ0) is 12.2. The van der Waals surface area contributed by atoms with E-state index in [0.717, 1.165) is 11.0 Å². The number of hydrogen-bond acceptors (Lipinski definition) is 3. The fourth-order valence-electron chi connectivity index (χ4n) is 2.74. The van der Waals surface area contributed by atoms with Crippen LogP contribution >= 0.6 is 0 Å². The van der Waals surface area contributed by atoms with Gasteiger partial charge < -0.3 is 0 Å². The Kier molecular flexibility index (Phi) is 3.96. The SMILES string of the molecule is c1cc(NC2CCCCCCC2)c2n[se]nc2c1. The molecule has 1 heterocycles. The molecule has 2 aromatic rings. The van der Waals surface area contributed by atoms with Gasteiger partial charge in [0, 0.05) is 0 Å². The molecular formula is C14H19N3Se. The minimum atomic E-state index is 0.0705. The molecule has 96 valence electrons. The summed E-state index contributed by atoms with van der Waals surface area (Å²) in [4.78, 5) is 0. The van der Waals surface area contributed by atoms with Crippen molar-refractivity contribution in [1.29, 1.82) is 0 Å². The third-order valence-electron chi connectivity index (χ3n) is 3.75. The van der Waals surface area contributed by atoms with Gasteiger partial charge in [0.05, 0.1) is 0 Å². The van der Waals surface area contributed by atoms with Crippen molar-refractivity contribution in [2.24, 2.45) is 0 Å². The average Bonchev–Trinajstić information content (AvgIpc) is 2.81. The van der Waals surface area contributed by atoms with Crippen molar-refractivity contribution in [3.8, 4) is 0 Å². The second-order valence-corrected chi connectivity index (χ2v) is 6.23. The molecule has 1 aromatic heterocycles. The maximum absolute atomic E-state index is 4.54. The summed E-state index contributed by atoms with van der Waals surface area (Å²) in [7, 11) is 0. The molecule has 1 aromatic carbocycles. The molecule has 0 aliphatic heterocycles. The van der Waals surface area contributed by atoms with Crippen LogP contribution in [-0.4, -0.2) is 29.0 Å². The summed E-state index contributed by atoms with van der Waals surface area (Å²) in [5.41, 5.74) is 3.37. The Bertz CT molecular complexity index is 500. The van der Waals surface area contributed by atoms with Gasteiger partial charge in [-0.15, -0.1) is 0 Å². The minimum absolute atomic E-state index is 0.0705. The van der Waals surface area contributed by atoms with Crippen molar-refractivity contribution >= 4 is 31.7 Å². The normalized spacial score (nSPS) is 18.4. The molecule has 18 heavy (non-hydrogen) atoms. The van der Waals surface area contributed by atoms with E-state index in [1.807, 2.05) is 0 Å². The number of nitrogens with zero attached hydrogens (tertiary/aromatic N) is 2. The Morgan fingerprint density at radius 3 is 2.61 bits per heavy atom. The van der Waals surface area contributed by atoms with E-state index in [2.05, 4.69) is 31.5 Å². The Morgan fingerprint density at radius 1 is 1.00 bits per heavy atom. The monoisotopic (exact) mass is 309 g/mol. The molecule has 0 amide bonds. The summed E-state index contributed by atoms with van der Waals surface area (Å²) in [6, 6.07) is 6.93. The number of rotatable bonds is 2. The van der Waals surface area contributed by atoms with E-state index >= 15 is 0 Å². The van der Waals surface area contributed by atoms with Crippen LogP contribution in [0.25, 0.3) is 11.0 Å². The van der Waals surface area contributed by atoms with E-state index in [0.29, 0.717) is 6.04 Å². The fourth-order valence-corrected chi connectivity index (χ4v) is 3.90. The van der Waals surface area contributed by atoms with Crippen LogP contribution in [0.15, 0.2) is 18.2 Å². The number of nitrogens with one attached hydrogen (secondary N) is 1. The van der Waals surface area contributed by atoms with Crippen LogP contribution in [0.1, 0.15) is 44.9 Å². The van der Waals surface area contributed by atoms with Gasteiger partial charge in [-0.1, -0.05) is 0 Å². The Labute approximate surface area is 114 Å². The molecule has 4 heteroatoms. The molecule has 1 aliphatic carbocycles. The first kappa shape index (κ1) is 12.2. The van der Waals surface area contributed by atoms with Gasteiger partial charge in [-0.25, -0.2) is 0 Å². The van der Waals surface area contributed by atoms with Crippen LogP contribution in [0.3, 0.4) is 0 Å². The van der Waals surface area contributed by atoms with Gasteiger partial charge in [0.1, 0.15) is 0 Å². The molecule has 1 fully saturated rings. The summed E-state index contributed by atoms with van der Waals surface area (Å²) in [5.74, 6) is 0. The van der Waals surface area contributed by atoms with Crippen molar-refractivity contribution in [2.45, 2.75) is 51.0 Å². The van der Waals surface area contributed by atoms with Crippen molar-refractivity contribution in [2.75, 3.05) is 5.32 Å². The Morgan fingerprint density at radius 2 is 1.78 bits per heavy atom.